The van der Waals surface area contributed by atoms with Crippen molar-refractivity contribution in [1.82, 2.24) is 0 Å². The predicted molar refractivity (Wildman–Crippen MR) is 80.7 cm³/mol. The van der Waals surface area contributed by atoms with Crippen LogP contribution in [0.4, 0.5) is 0 Å². The first-order valence-corrected chi connectivity index (χ1v) is 8.24. The van der Waals surface area contributed by atoms with Gasteiger partial charge in [0.05, 0.1) is 17.9 Å². The molecule has 0 fully saturated rings. The molecule has 1 aromatic carbocycles. The highest BCUT2D eigenvalue weighted by atomic mass is 35.5. The van der Waals surface area contributed by atoms with Gasteiger partial charge in [-0.1, -0.05) is 11.6 Å². The average Bonchev–Trinajstić information content (AvgIpc) is 2.95. The highest BCUT2D eigenvalue weighted by Gasteiger charge is 2.22. The minimum absolute atomic E-state index is 0.102. The quantitative estimate of drug-likeness (QED) is 0.681. The zero-order valence-corrected chi connectivity index (χ0v) is 12.8. The molecule has 2 aromatic heterocycles. The average molecular weight is 341 g/mol. The maximum Gasteiger partial charge on any atom is 0.306 e. The molecule has 6 nitrogen and oxygen atoms in total. The molecule has 0 amide bonds. The molecule has 0 bridgehead atoms. The van der Waals surface area contributed by atoms with Crippen molar-refractivity contribution in [2.75, 3.05) is 6.26 Å². The van der Waals surface area contributed by atoms with Crippen LogP contribution in [0.3, 0.4) is 0 Å². The van der Waals surface area contributed by atoms with Crippen LogP contribution in [0.15, 0.2) is 50.2 Å². The van der Waals surface area contributed by atoms with Gasteiger partial charge in [-0.25, -0.2) is 0 Å². The van der Waals surface area contributed by atoms with E-state index in [9.17, 15) is 13.2 Å². The van der Waals surface area contributed by atoms with Gasteiger partial charge in [0.25, 0.3) is 0 Å². The van der Waals surface area contributed by atoms with Crippen LogP contribution in [0, 0.1) is 0 Å². The highest BCUT2D eigenvalue weighted by Crippen LogP contribution is 2.32. The Morgan fingerprint density at radius 2 is 2.00 bits per heavy atom. The molecule has 0 spiro atoms. The molecule has 0 radical (unpaired) electrons. The van der Waals surface area contributed by atoms with Crippen LogP contribution in [0.25, 0.3) is 22.5 Å². The van der Waals surface area contributed by atoms with Gasteiger partial charge in [0.1, 0.15) is 5.58 Å². The summed E-state index contributed by atoms with van der Waals surface area (Å²) in [6.45, 7) is 0. The Kier molecular flexibility index (Phi) is 3.46. The molecule has 0 unspecified atom stereocenters. The monoisotopic (exact) mass is 340 g/mol. The molecular weight excluding hydrogens is 332 g/mol. The minimum Gasteiger partial charge on any atom is -0.461 e. The first kappa shape index (κ1) is 14.7. The van der Waals surface area contributed by atoms with Gasteiger partial charge in [0.2, 0.25) is 16.9 Å². The summed E-state index contributed by atoms with van der Waals surface area (Å²) in [4.78, 5) is 12.5. The van der Waals surface area contributed by atoms with Crippen LogP contribution in [0.5, 0.6) is 5.75 Å². The Balaban J connectivity index is 2.39. The summed E-state index contributed by atoms with van der Waals surface area (Å²) in [5, 5.41) is 0.428. The van der Waals surface area contributed by atoms with Gasteiger partial charge in [-0.15, -0.1) is 0 Å². The zero-order chi connectivity index (χ0) is 15.9. The molecule has 114 valence electrons. The number of hydrogen-bond donors (Lipinski definition) is 0. The van der Waals surface area contributed by atoms with Crippen LogP contribution in [0.2, 0.25) is 5.02 Å². The maximum absolute atomic E-state index is 12.5. The number of fused-ring (bicyclic) bond motifs is 1. The lowest BCUT2D eigenvalue weighted by molar-refractivity contribution is 0.469. The molecule has 0 saturated heterocycles. The molecule has 22 heavy (non-hydrogen) atoms. The minimum atomic E-state index is -3.93. The number of furan rings is 1. The van der Waals surface area contributed by atoms with Gasteiger partial charge in [-0.3, -0.25) is 4.79 Å². The number of hydrogen-bond acceptors (Lipinski definition) is 6. The van der Waals surface area contributed by atoms with E-state index in [1.165, 1.54) is 24.5 Å². The molecule has 8 heteroatoms. The lowest BCUT2D eigenvalue weighted by Gasteiger charge is -2.08. The molecule has 0 aliphatic rings. The number of benzene rings is 1. The third kappa shape index (κ3) is 2.72. The third-order valence-electron chi connectivity index (χ3n) is 2.79. The summed E-state index contributed by atoms with van der Waals surface area (Å²) >= 11 is 5.86. The van der Waals surface area contributed by atoms with Gasteiger partial charge >= 0.3 is 10.1 Å². The summed E-state index contributed by atoms with van der Waals surface area (Å²) in [5.41, 5.74) is -0.415. The second kappa shape index (κ2) is 5.19. The van der Waals surface area contributed by atoms with Crippen molar-refractivity contribution in [3.63, 3.8) is 0 Å². The van der Waals surface area contributed by atoms with Crippen LogP contribution < -0.4 is 9.61 Å². The van der Waals surface area contributed by atoms with E-state index in [1.54, 1.807) is 12.1 Å². The molecule has 0 saturated carbocycles. The van der Waals surface area contributed by atoms with Crippen LogP contribution in [-0.2, 0) is 10.1 Å². The van der Waals surface area contributed by atoms with E-state index in [4.69, 9.17) is 24.6 Å². The molecule has 0 aliphatic heterocycles. The van der Waals surface area contributed by atoms with E-state index < -0.39 is 21.3 Å². The Morgan fingerprint density at radius 3 is 2.64 bits per heavy atom. The topological polar surface area (TPSA) is 86.7 Å². The van der Waals surface area contributed by atoms with Crippen molar-refractivity contribution in [2.45, 2.75) is 0 Å². The van der Waals surface area contributed by atoms with Crippen molar-refractivity contribution in [3.8, 4) is 17.3 Å². The van der Waals surface area contributed by atoms with Gasteiger partial charge in [-0.05, 0) is 30.3 Å². The van der Waals surface area contributed by atoms with Gasteiger partial charge in [0, 0.05) is 5.02 Å². The van der Waals surface area contributed by atoms with E-state index >= 15 is 0 Å². The van der Waals surface area contributed by atoms with Crippen molar-refractivity contribution in [2.24, 2.45) is 0 Å². The molecule has 0 aliphatic carbocycles. The fraction of sp³-hybridized carbons (Fsp3) is 0.0714. The predicted octanol–water partition coefficient (Wildman–Crippen LogP) is 3.04. The summed E-state index contributed by atoms with van der Waals surface area (Å²) in [6, 6.07) is 7.54. The summed E-state index contributed by atoms with van der Waals surface area (Å²) < 4.78 is 38.4. The fourth-order valence-corrected chi connectivity index (χ4v) is 2.57. The Labute approximate surface area is 130 Å². The second-order valence-electron chi connectivity index (χ2n) is 4.49. The second-order valence-corrected chi connectivity index (χ2v) is 6.51. The van der Waals surface area contributed by atoms with Crippen molar-refractivity contribution < 1.29 is 21.4 Å². The van der Waals surface area contributed by atoms with Gasteiger partial charge < -0.3 is 13.0 Å². The van der Waals surface area contributed by atoms with Crippen molar-refractivity contribution >= 4 is 32.7 Å². The zero-order valence-electron chi connectivity index (χ0n) is 11.2. The fourth-order valence-electron chi connectivity index (χ4n) is 1.95. The molecule has 3 rings (SSSR count). The molecular formula is C14H9ClO6S. The highest BCUT2D eigenvalue weighted by molar-refractivity contribution is 7.86. The first-order valence-electron chi connectivity index (χ1n) is 6.05. The van der Waals surface area contributed by atoms with Crippen LogP contribution >= 0.6 is 11.6 Å². The number of halogens is 1. The maximum atomic E-state index is 12.5. The molecule has 0 N–H and O–H groups in total. The van der Waals surface area contributed by atoms with Gasteiger partial charge in [-0.2, -0.15) is 8.42 Å². The lowest BCUT2D eigenvalue weighted by Crippen LogP contribution is -2.15. The van der Waals surface area contributed by atoms with Crippen molar-refractivity contribution in [3.05, 3.63) is 51.8 Å². The summed E-state index contributed by atoms with van der Waals surface area (Å²) in [7, 11) is -3.93. The summed E-state index contributed by atoms with van der Waals surface area (Å²) in [6.07, 6.45) is 2.20. The Hall–Kier alpha value is -2.25. The lowest BCUT2D eigenvalue weighted by atomic mass is 10.2. The van der Waals surface area contributed by atoms with E-state index in [-0.39, 0.29) is 22.5 Å². The Bertz CT molecular complexity index is 1000. The van der Waals surface area contributed by atoms with E-state index in [0.29, 0.717) is 5.02 Å². The standard InChI is InChI=1S/C14H9ClO6S/c1-22(17,18)21-14-12(16)9-7-8(15)4-5-10(9)20-13(14)11-3-2-6-19-11/h2-7H,1H3. The van der Waals surface area contributed by atoms with E-state index in [2.05, 4.69) is 0 Å². The van der Waals surface area contributed by atoms with Crippen LogP contribution in [-0.4, -0.2) is 14.7 Å². The smallest absolute Gasteiger partial charge is 0.306 e. The molecule has 0 atom stereocenters. The molecule has 2 heterocycles. The first-order chi connectivity index (χ1) is 10.3. The van der Waals surface area contributed by atoms with Crippen LogP contribution in [0.1, 0.15) is 0 Å². The third-order valence-corrected chi connectivity index (χ3v) is 3.49. The molecule has 3 aromatic rings. The van der Waals surface area contributed by atoms with E-state index in [1.807, 2.05) is 0 Å². The number of rotatable bonds is 3. The van der Waals surface area contributed by atoms with E-state index in [0.717, 1.165) is 6.26 Å². The van der Waals surface area contributed by atoms with Gasteiger partial charge in [0.15, 0.2) is 5.76 Å². The summed E-state index contributed by atoms with van der Waals surface area (Å²) in [5.74, 6) is -0.393. The normalized spacial score (nSPS) is 11.7. The SMILES string of the molecule is CS(=O)(=O)Oc1c(-c2ccco2)oc2ccc(Cl)cc2c1=O. The van der Waals surface area contributed by atoms with Crippen molar-refractivity contribution in [1.29, 1.82) is 0 Å². The largest absolute Gasteiger partial charge is 0.461 e. The Morgan fingerprint density at radius 1 is 1.23 bits per heavy atom.